The van der Waals surface area contributed by atoms with Crippen molar-refractivity contribution < 1.29 is 0 Å². The van der Waals surface area contributed by atoms with Crippen LogP contribution in [0.3, 0.4) is 0 Å². The third kappa shape index (κ3) is 26.2. The first-order valence-electron chi connectivity index (χ1n) is 39.9. The van der Waals surface area contributed by atoms with Gasteiger partial charge in [-0.05, 0) is 355 Å². The van der Waals surface area contributed by atoms with Crippen molar-refractivity contribution in [1.29, 1.82) is 0 Å². The smallest absolute Gasteiger partial charge is 0.0638 e. The van der Waals surface area contributed by atoms with Crippen molar-refractivity contribution in [2.45, 2.75) is 33.7 Å². The molecule has 0 saturated heterocycles. The van der Waals surface area contributed by atoms with E-state index in [0.717, 1.165) is 154 Å². The third-order valence-corrected chi connectivity index (χ3v) is 19.1. The van der Waals surface area contributed by atoms with Crippen LogP contribution in [-0.2, 0) is 0 Å². The number of allylic oxidation sites excluding steroid dienone is 14. The minimum Gasteiger partial charge on any atom is -0.388 e. The molecule has 0 aromatic heterocycles. The molecule has 0 saturated carbocycles. The van der Waals surface area contributed by atoms with Gasteiger partial charge in [0.05, 0.1) is 80.1 Å². The fourth-order valence-corrected chi connectivity index (χ4v) is 12.3. The van der Waals surface area contributed by atoms with E-state index in [2.05, 4.69) is 246 Å². The van der Waals surface area contributed by atoms with Crippen LogP contribution < -0.4 is 47.9 Å². The lowest BCUT2D eigenvalue weighted by atomic mass is 10.1. The zero-order chi connectivity index (χ0) is 83.0. The minimum atomic E-state index is 0.134. The molecule has 16 heteroatoms. The van der Waals surface area contributed by atoms with Gasteiger partial charge in [-0.3, -0.25) is 4.99 Å². The summed E-state index contributed by atoms with van der Waals surface area (Å²) in [7, 11) is 7.53. The van der Waals surface area contributed by atoms with Gasteiger partial charge in [0.2, 0.25) is 0 Å². The van der Waals surface area contributed by atoms with E-state index in [1.165, 1.54) is 22.3 Å². The van der Waals surface area contributed by atoms with E-state index < -0.39 is 0 Å². The van der Waals surface area contributed by atoms with Crippen LogP contribution in [0.4, 0.5) is 114 Å². The van der Waals surface area contributed by atoms with Crippen molar-refractivity contribution in [3.63, 3.8) is 0 Å². The molecule has 0 amide bonds. The summed E-state index contributed by atoms with van der Waals surface area (Å²) in [6.07, 6.45) is 32.1. The zero-order valence-electron chi connectivity index (χ0n) is 68.7. The maximum absolute atomic E-state index is 4.69. The average Bonchev–Trinajstić information content (AvgIpc) is 0.897. The molecule has 0 atom stereocenters. The molecular weight excluding hydrogens is 1470 g/mol. The molecule has 12 aromatic rings. The van der Waals surface area contributed by atoms with Gasteiger partial charge in [0.1, 0.15) is 0 Å². The number of hydrogen-bond acceptors (Lipinski definition) is 16. The van der Waals surface area contributed by atoms with Crippen molar-refractivity contribution in [2.75, 3.05) is 76.0 Å². The molecular formula is C104H98N16. The van der Waals surface area contributed by atoms with Gasteiger partial charge in [-0.15, -0.1) is 0 Å². The lowest BCUT2D eigenvalue weighted by Gasteiger charge is -2.15. The van der Waals surface area contributed by atoms with E-state index in [9.17, 15) is 0 Å². The Morgan fingerprint density at radius 3 is 0.550 bits per heavy atom. The molecule has 4 aliphatic carbocycles. The summed E-state index contributed by atoms with van der Waals surface area (Å²) >= 11 is 0. The molecule has 0 radical (unpaired) electrons. The topological polar surface area (TPSA) is 195 Å². The van der Waals surface area contributed by atoms with Crippen molar-refractivity contribution in [3.8, 4) is 0 Å². The Hall–Kier alpha value is -15.6. The molecule has 9 N–H and O–H groups in total. The Kier molecular flexibility index (Phi) is 29.0. The van der Waals surface area contributed by atoms with E-state index in [1.807, 2.05) is 264 Å². The van der Waals surface area contributed by atoms with E-state index in [-0.39, 0.29) is 6.04 Å². The molecule has 0 aliphatic heterocycles. The molecule has 120 heavy (non-hydrogen) atoms. The Bertz CT molecular complexity index is 5630. The predicted molar refractivity (Wildman–Crippen MR) is 518 cm³/mol. The zero-order valence-corrected chi connectivity index (χ0v) is 68.7. The Morgan fingerprint density at radius 2 is 0.342 bits per heavy atom. The minimum absolute atomic E-state index is 0.134. The summed E-state index contributed by atoms with van der Waals surface area (Å²) in [5.41, 5.74) is 31.9. The van der Waals surface area contributed by atoms with Crippen LogP contribution in [0.5, 0.6) is 0 Å². The summed E-state index contributed by atoms with van der Waals surface area (Å²) in [5, 5.41) is 29.9. The molecule has 0 heterocycles. The molecule has 0 fully saturated rings. The van der Waals surface area contributed by atoms with Crippen LogP contribution in [0.15, 0.2) is 423 Å². The normalized spacial score (nSPS) is 13.2. The number of anilines is 14. The number of hydrogen-bond donors (Lipinski definition) is 9. The number of nitrogens with one attached hydrogen (secondary N) is 9. The lowest BCUT2D eigenvalue weighted by Crippen LogP contribution is -2.16. The first-order chi connectivity index (χ1) is 58.7. The number of nitrogens with zero attached hydrogens (tertiary/aromatic N) is 7. The molecule has 16 nitrogen and oxygen atoms in total. The van der Waals surface area contributed by atoms with Gasteiger partial charge in [0, 0.05) is 108 Å². The van der Waals surface area contributed by atoms with Gasteiger partial charge in [0.15, 0.2) is 0 Å². The highest BCUT2D eigenvalue weighted by Crippen LogP contribution is 2.30. The highest BCUT2D eigenvalue weighted by Gasteiger charge is 2.10. The van der Waals surface area contributed by atoms with Crippen LogP contribution in [0.25, 0.3) is 0 Å². The second-order valence-corrected chi connectivity index (χ2v) is 28.5. The molecule has 594 valence electrons. The SMILES string of the molecule is CN=C1C=CC(=Nc2ccc(NC3C=CC(=Nc4ccc(C)cc4)C=C3)cc2)C=C1.CNc1ccc(Nc2ccc(N=C3C=CC(=Nc4ccc(C)cc4)C=C3)cc2)cc1.CNc1ccc(Nc2ccc(N=C3C=CC(=Nc4ccc(C)cc4)C=C3)cc2)cc1.CNc1ccc(Nc2ccc(Nc3ccc(Nc4ccc(C)cc4)cc3)cc2)cc1. The van der Waals surface area contributed by atoms with E-state index in [4.69, 9.17) is 9.98 Å². The Labute approximate surface area is 704 Å². The van der Waals surface area contributed by atoms with Crippen molar-refractivity contribution in [1.82, 2.24) is 0 Å². The van der Waals surface area contributed by atoms with E-state index >= 15 is 0 Å². The molecule has 12 aromatic carbocycles. The second-order valence-electron chi connectivity index (χ2n) is 28.5. The van der Waals surface area contributed by atoms with Gasteiger partial charge in [-0.1, -0.05) is 82.9 Å². The third-order valence-electron chi connectivity index (χ3n) is 19.1. The van der Waals surface area contributed by atoms with Crippen molar-refractivity contribution in [3.05, 3.63) is 411 Å². The molecule has 0 spiro atoms. The standard InChI is InChI=1S/C26H26N4.3C26H24N4/c4*1-19-3-5-21(6-4-19)28-23-11-13-25(14-12-23)30-26-17-15-24(16-18-26)29-22-9-7-20(27-2)8-10-22/h3-18,27-30H,1-2H3;2*3-18,27,29H,1-2H3;3-18,25,30H,1-2H3. The number of aryl methyl sites for hydroxylation is 4. The predicted octanol–water partition coefficient (Wildman–Crippen LogP) is 26.7. The number of rotatable bonds is 21. The van der Waals surface area contributed by atoms with Gasteiger partial charge >= 0.3 is 0 Å². The van der Waals surface area contributed by atoms with Crippen LogP contribution in [-0.4, -0.2) is 74.2 Å². The Morgan fingerprint density at radius 1 is 0.183 bits per heavy atom. The first-order valence-corrected chi connectivity index (χ1v) is 39.9. The van der Waals surface area contributed by atoms with Gasteiger partial charge in [0.25, 0.3) is 0 Å². The molecule has 4 aliphatic rings. The van der Waals surface area contributed by atoms with Crippen LogP contribution in [0.2, 0.25) is 0 Å². The van der Waals surface area contributed by atoms with Crippen molar-refractivity contribution in [2.24, 2.45) is 34.9 Å². The quantitative estimate of drug-likeness (QED) is 0.0315. The number of benzene rings is 12. The monoisotopic (exact) mass is 1570 g/mol. The fourth-order valence-electron chi connectivity index (χ4n) is 12.3. The maximum atomic E-state index is 4.69. The number of aliphatic imine (C=N–C) groups is 7. The lowest BCUT2D eigenvalue weighted by molar-refractivity contribution is 1.10. The summed E-state index contributed by atoms with van der Waals surface area (Å²) in [6.45, 7) is 8.32. The van der Waals surface area contributed by atoms with Crippen LogP contribution in [0.1, 0.15) is 22.3 Å². The molecule has 0 unspecified atom stereocenters. The largest absolute Gasteiger partial charge is 0.388 e. The van der Waals surface area contributed by atoms with Gasteiger partial charge in [-0.25, -0.2) is 30.0 Å². The summed E-state index contributed by atoms with van der Waals surface area (Å²) in [5.74, 6) is 0. The first kappa shape index (κ1) is 82.4. The van der Waals surface area contributed by atoms with E-state index in [0.29, 0.717) is 0 Å². The summed E-state index contributed by atoms with van der Waals surface area (Å²) in [6, 6.07) is 98.6. The molecule has 0 bridgehead atoms. The highest BCUT2D eigenvalue weighted by molar-refractivity contribution is 6.21. The fraction of sp³-hybridized carbons (Fsp3) is 0.0865. The highest BCUT2D eigenvalue weighted by atomic mass is 14.9. The second kappa shape index (κ2) is 42.2. The summed E-state index contributed by atoms with van der Waals surface area (Å²) in [4.78, 5) is 32.1. The van der Waals surface area contributed by atoms with Gasteiger partial charge in [-0.2, -0.15) is 0 Å². The summed E-state index contributed by atoms with van der Waals surface area (Å²) < 4.78 is 0. The molecule has 16 rings (SSSR count). The van der Waals surface area contributed by atoms with Gasteiger partial charge < -0.3 is 47.9 Å². The average molecular weight is 1570 g/mol. The van der Waals surface area contributed by atoms with E-state index in [1.54, 1.807) is 7.05 Å². The maximum Gasteiger partial charge on any atom is 0.0638 e. The van der Waals surface area contributed by atoms with Crippen LogP contribution in [0, 0.1) is 27.7 Å². The Balaban J connectivity index is 0.000000138. The van der Waals surface area contributed by atoms with Crippen LogP contribution >= 0.6 is 0 Å². The van der Waals surface area contributed by atoms with Crippen molar-refractivity contribution >= 4 is 154 Å².